The number of carbonyl (C=O) groups excluding carboxylic acids is 3. The Bertz CT molecular complexity index is 546. The number of carbonyl (C=O) groups is 3. The lowest BCUT2D eigenvalue weighted by molar-refractivity contribution is -0.130. The third-order valence-electron chi connectivity index (χ3n) is 3.38. The SMILES string of the molecule is CNC(=O)C(NC(=O)CN(CC(N)=O)C(C)C)c1ccccc1. The van der Waals surface area contributed by atoms with Gasteiger partial charge in [-0.1, -0.05) is 30.3 Å². The van der Waals surface area contributed by atoms with Gasteiger partial charge < -0.3 is 16.4 Å². The maximum absolute atomic E-state index is 12.3. The standard InChI is InChI=1S/C16H24N4O3/c1-11(2)20(9-13(17)21)10-14(22)19-15(16(23)18-3)12-7-5-4-6-8-12/h4-8,11,15H,9-10H2,1-3H3,(H2,17,21)(H,18,23)(H,19,22). The Morgan fingerprint density at radius 3 is 2.22 bits per heavy atom. The summed E-state index contributed by atoms with van der Waals surface area (Å²) in [6, 6.07) is 8.16. The summed E-state index contributed by atoms with van der Waals surface area (Å²) >= 11 is 0. The third-order valence-corrected chi connectivity index (χ3v) is 3.38. The van der Waals surface area contributed by atoms with Gasteiger partial charge in [-0.25, -0.2) is 0 Å². The highest BCUT2D eigenvalue weighted by Crippen LogP contribution is 2.12. The minimum Gasteiger partial charge on any atom is -0.369 e. The predicted molar refractivity (Wildman–Crippen MR) is 87.3 cm³/mol. The van der Waals surface area contributed by atoms with Gasteiger partial charge in [-0.15, -0.1) is 0 Å². The van der Waals surface area contributed by atoms with Crippen molar-refractivity contribution in [1.29, 1.82) is 0 Å². The molecule has 0 spiro atoms. The molecule has 0 radical (unpaired) electrons. The molecular weight excluding hydrogens is 296 g/mol. The summed E-state index contributed by atoms with van der Waals surface area (Å²) in [7, 11) is 1.51. The number of rotatable bonds is 8. The number of nitrogens with one attached hydrogen (secondary N) is 2. The van der Waals surface area contributed by atoms with Crippen LogP contribution in [0.3, 0.4) is 0 Å². The molecule has 0 fully saturated rings. The van der Waals surface area contributed by atoms with Crippen molar-refractivity contribution < 1.29 is 14.4 Å². The number of nitrogens with two attached hydrogens (primary N) is 1. The first-order valence-corrected chi connectivity index (χ1v) is 7.43. The first kappa shape index (κ1) is 18.6. The minimum atomic E-state index is -0.781. The molecule has 23 heavy (non-hydrogen) atoms. The van der Waals surface area contributed by atoms with Crippen molar-refractivity contribution in [1.82, 2.24) is 15.5 Å². The first-order chi connectivity index (χ1) is 10.8. The molecule has 0 aromatic heterocycles. The Balaban J connectivity index is 2.81. The second kappa shape index (κ2) is 8.89. The summed E-state index contributed by atoms with van der Waals surface area (Å²) in [5, 5.41) is 5.23. The summed E-state index contributed by atoms with van der Waals surface area (Å²) in [4.78, 5) is 37.0. The Hall–Kier alpha value is -2.41. The van der Waals surface area contributed by atoms with Gasteiger partial charge >= 0.3 is 0 Å². The van der Waals surface area contributed by atoms with Gasteiger partial charge in [0.1, 0.15) is 6.04 Å². The maximum Gasteiger partial charge on any atom is 0.246 e. The average Bonchev–Trinajstić information content (AvgIpc) is 2.51. The topological polar surface area (TPSA) is 105 Å². The minimum absolute atomic E-state index is 0.0128. The molecule has 1 aromatic rings. The smallest absolute Gasteiger partial charge is 0.246 e. The van der Waals surface area contributed by atoms with Crippen LogP contribution in [0.5, 0.6) is 0 Å². The van der Waals surface area contributed by atoms with Crippen molar-refractivity contribution >= 4 is 17.7 Å². The van der Waals surface area contributed by atoms with Crippen LogP contribution in [0.25, 0.3) is 0 Å². The Kier molecular flexibility index (Phi) is 7.21. The zero-order valence-corrected chi connectivity index (χ0v) is 13.7. The van der Waals surface area contributed by atoms with Gasteiger partial charge in [-0.3, -0.25) is 19.3 Å². The van der Waals surface area contributed by atoms with E-state index in [-0.39, 0.29) is 30.9 Å². The zero-order valence-electron chi connectivity index (χ0n) is 13.7. The molecule has 4 N–H and O–H groups in total. The third kappa shape index (κ3) is 6.07. The van der Waals surface area contributed by atoms with Crippen molar-refractivity contribution in [2.75, 3.05) is 20.1 Å². The molecule has 0 bridgehead atoms. The van der Waals surface area contributed by atoms with Crippen molar-refractivity contribution in [2.24, 2.45) is 5.73 Å². The van der Waals surface area contributed by atoms with Crippen molar-refractivity contribution in [3.63, 3.8) is 0 Å². The highest BCUT2D eigenvalue weighted by atomic mass is 16.2. The van der Waals surface area contributed by atoms with E-state index in [1.165, 1.54) is 7.05 Å². The second-order valence-electron chi connectivity index (χ2n) is 5.49. The van der Waals surface area contributed by atoms with Gasteiger partial charge in [0, 0.05) is 13.1 Å². The normalized spacial score (nSPS) is 12.0. The fourth-order valence-corrected chi connectivity index (χ4v) is 2.10. The molecule has 0 heterocycles. The number of amides is 3. The van der Waals surface area contributed by atoms with E-state index in [0.717, 1.165) is 0 Å². The number of primary amides is 1. The molecule has 126 valence electrons. The monoisotopic (exact) mass is 320 g/mol. The molecule has 0 aliphatic heterocycles. The second-order valence-corrected chi connectivity index (χ2v) is 5.49. The number of hydrogen-bond acceptors (Lipinski definition) is 4. The van der Waals surface area contributed by atoms with E-state index in [1.54, 1.807) is 29.2 Å². The van der Waals surface area contributed by atoms with E-state index in [4.69, 9.17) is 5.73 Å². The van der Waals surface area contributed by atoms with Crippen molar-refractivity contribution in [3.8, 4) is 0 Å². The molecule has 1 atom stereocenters. The Labute approximate surface area is 136 Å². The fraction of sp³-hybridized carbons (Fsp3) is 0.438. The van der Waals surface area contributed by atoms with E-state index in [2.05, 4.69) is 10.6 Å². The summed E-state index contributed by atoms with van der Waals surface area (Å²) in [5.41, 5.74) is 5.88. The van der Waals surface area contributed by atoms with Crippen LogP contribution in [0.4, 0.5) is 0 Å². The summed E-state index contributed by atoms with van der Waals surface area (Å²) < 4.78 is 0. The first-order valence-electron chi connectivity index (χ1n) is 7.43. The fourth-order valence-electron chi connectivity index (χ4n) is 2.10. The van der Waals surface area contributed by atoms with Crippen LogP contribution in [-0.4, -0.2) is 48.8 Å². The van der Waals surface area contributed by atoms with Gasteiger partial charge in [0.15, 0.2) is 0 Å². The molecule has 1 aromatic carbocycles. The molecule has 3 amide bonds. The van der Waals surface area contributed by atoms with Gasteiger partial charge in [0.2, 0.25) is 17.7 Å². The van der Waals surface area contributed by atoms with Gasteiger partial charge in [-0.05, 0) is 19.4 Å². The summed E-state index contributed by atoms with van der Waals surface area (Å²) in [6.45, 7) is 3.70. The lowest BCUT2D eigenvalue weighted by atomic mass is 10.1. The average molecular weight is 320 g/mol. The van der Waals surface area contributed by atoms with E-state index >= 15 is 0 Å². The lowest BCUT2D eigenvalue weighted by Crippen LogP contribution is -2.47. The van der Waals surface area contributed by atoms with Crippen molar-refractivity contribution in [3.05, 3.63) is 35.9 Å². The summed E-state index contributed by atoms with van der Waals surface area (Å²) in [6.07, 6.45) is 0. The highest BCUT2D eigenvalue weighted by Gasteiger charge is 2.23. The predicted octanol–water partition coefficient (Wildman–Crippen LogP) is -0.214. The van der Waals surface area contributed by atoms with Crippen LogP contribution >= 0.6 is 0 Å². The van der Waals surface area contributed by atoms with Crippen LogP contribution in [-0.2, 0) is 14.4 Å². The van der Waals surface area contributed by atoms with Crippen LogP contribution in [0, 0.1) is 0 Å². The largest absolute Gasteiger partial charge is 0.369 e. The number of nitrogens with zero attached hydrogens (tertiary/aromatic N) is 1. The number of benzene rings is 1. The van der Waals surface area contributed by atoms with E-state index in [1.807, 2.05) is 19.9 Å². The van der Waals surface area contributed by atoms with Crippen molar-refractivity contribution in [2.45, 2.75) is 25.9 Å². The molecule has 7 nitrogen and oxygen atoms in total. The summed E-state index contributed by atoms with van der Waals surface area (Å²) in [5.74, 6) is -1.16. The molecule has 0 aliphatic rings. The Morgan fingerprint density at radius 1 is 1.13 bits per heavy atom. The van der Waals surface area contributed by atoms with Crippen LogP contribution in [0.15, 0.2) is 30.3 Å². The molecule has 7 heteroatoms. The lowest BCUT2D eigenvalue weighted by Gasteiger charge is -2.25. The number of likely N-dealkylation sites (N-methyl/N-ethyl adjacent to an activating group) is 1. The van der Waals surface area contributed by atoms with Gasteiger partial charge in [0.25, 0.3) is 0 Å². The molecule has 0 aliphatic carbocycles. The van der Waals surface area contributed by atoms with Crippen LogP contribution in [0.2, 0.25) is 0 Å². The van der Waals surface area contributed by atoms with Gasteiger partial charge in [0.05, 0.1) is 13.1 Å². The molecule has 1 unspecified atom stereocenters. The Morgan fingerprint density at radius 2 is 1.74 bits per heavy atom. The van der Waals surface area contributed by atoms with Gasteiger partial charge in [-0.2, -0.15) is 0 Å². The molecule has 0 saturated heterocycles. The molecule has 0 saturated carbocycles. The highest BCUT2D eigenvalue weighted by molar-refractivity contribution is 5.89. The van der Waals surface area contributed by atoms with E-state index in [9.17, 15) is 14.4 Å². The van der Waals surface area contributed by atoms with E-state index in [0.29, 0.717) is 5.56 Å². The maximum atomic E-state index is 12.3. The quantitative estimate of drug-likeness (QED) is 0.616. The zero-order chi connectivity index (χ0) is 17.4. The van der Waals surface area contributed by atoms with Crippen LogP contribution in [0.1, 0.15) is 25.5 Å². The molecule has 1 rings (SSSR count). The number of hydrogen-bond donors (Lipinski definition) is 3. The van der Waals surface area contributed by atoms with Crippen LogP contribution < -0.4 is 16.4 Å². The molecular formula is C16H24N4O3. The van der Waals surface area contributed by atoms with E-state index < -0.39 is 11.9 Å².